The van der Waals surface area contributed by atoms with Crippen molar-refractivity contribution in [2.45, 2.75) is 12.0 Å². The van der Waals surface area contributed by atoms with Crippen molar-refractivity contribution in [2.24, 2.45) is 0 Å². The van der Waals surface area contributed by atoms with E-state index in [9.17, 15) is 4.79 Å². The second kappa shape index (κ2) is 5.26. The zero-order chi connectivity index (χ0) is 10.4. The Bertz CT molecular complexity index is 194. The van der Waals surface area contributed by atoms with Crippen molar-refractivity contribution < 1.29 is 19.5 Å². The second-order valence-corrected chi connectivity index (χ2v) is 3.40. The van der Waals surface area contributed by atoms with Gasteiger partial charge in [0.25, 0.3) is 0 Å². The van der Waals surface area contributed by atoms with Crippen LogP contribution >= 0.6 is 0 Å². The van der Waals surface area contributed by atoms with Gasteiger partial charge in [0.1, 0.15) is 0 Å². The molecule has 0 radical (unpaired) electrons. The van der Waals surface area contributed by atoms with Crippen molar-refractivity contribution in [3.05, 3.63) is 0 Å². The molecular weight excluding hydrogens is 188 g/mol. The van der Waals surface area contributed by atoms with Crippen LogP contribution in [0.1, 0.15) is 6.42 Å². The SMILES string of the molecule is COCCONC1(CC(=O)O)CNC1. The molecule has 82 valence electrons. The molecule has 1 aliphatic rings. The molecule has 0 aromatic carbocycles. The maximum absolute atomic E-state index is 10.5. The van der Waals surface area contributed by atoms with Crippen molar-refractivity contribution in [1.82, 2.24) is 10.8 Å². The normalized spacial score (nSPS) is 18.9. The molecule has 0 aromatic rings. The van der Waals surface area contributed by atoms with Crippen molar-refractivity contribution in [3.8, 4) is 0 Å². The van der Waals surface area contributed by atoms with Crippen molar-refractivity contribution in [2.75, 3.05) is 33.4 Å². The highest BCUT2D eigenvalue weighted by Gasteiger charge is 2.39. The van der Waals surface area contributed by atoms with E-state index in [2.05, 4.69) is 10.8 Å². The van der Waals surface area contributed by atoms with Crippen molar-refractivity contribution in [1.29, 1.82) is 0 Å². The molecule has 1 heterocycles. The fraction of sp³-hybridized carbons (Fsp3) is 0.875. The molecule has 0 aromatic heterocycles. The van der Waals surface area contributed by atoms with Gasteiger partial charge in [-0.15, -0.1) is 0 Å². The maximum Gasteiger partial charge on any atom is 0.305 e. The number of hydrogen-bond acceptors (Lipinski definition) is 5. The quantitative estimate of drug-likeness (QED) is 0.363. The van der Waals surface area contributed by atoms with Gasteiger partial charge < -0.3 is 15.2 Å². The lowest BCUT2D eigenvalue weighted by Gasteiger charge is -2.41. The minimum absolute atomic E-state index is 0.0625. The van der Waals surface area contributed by atoms with Gasteiger partial charge in [-0.3, -0.25) is 9.63 Å². The third-order valence-electron chi connectivity index (χ3n) is 2.09. The molecule has 1 rings (SSSR count). The van der Waals surface area contributed by atoms with Crippen LogP contribution in [0.3, 0.4) is 0 Å². The molecule has 6 heteroatoms. The van der Waals surface area contributed by atoms with E-state index in [1.165, 1.54) is 0 Å². The first-order chi connectivity index (χ1) is 6.68. The number of carboxylic acids is 1. The summed E-state index contributed by atoms with van der Waals surface area (Å²) < 4.78 is 4.79. The van der Waals surface area contributed by atoms with Gasteiger partial charge in [-0.1, -0.05) is 0 Å². The molecule has 3 N–H and O–H groups in total. The fourth-order valence-corrected chi connectivity index (χ4v) is 1.28. The fourth-order valence-electron chi connectivity index (χ4n) is 1.28. The minimum atomic E-state index is -0.825. The third-order valence-corrected chi connectivity index (χ3v) is 2.09. The van der Waals surface area contributed by atoms with E-state index in [1.54, 1.807) is 7.11 Å². The van der Waals surface area contributed by atoms with Gasteiger partial charge in [-0.2, -0.15) is 5.48 Å². The van der Waals surface area contributed by atoms with Crippen LogP contribution in [0, 0.1) is 0 Å². The Hall–Kier alpha value is -0.690. The number of hydrogen-bond donors (Lipinski definition) is 3. The van der Waals surface area contributed by atoms with E-state index < -0.39 is 11.5 Å². The van der Waals surface area contributed by atoms with Gasteiger partial charge in [0.05, 0.1) is 25.2 Å². The Kier molecular flexibility index (Phi) is 4.27. The van der Waals surface area contributed by atoms with Gasteiger partial charge in [0.15, 0.2) is 0 Å². The highest BCUT2D eigenvalue weighted by atomic mass is 16.7. The average molecular weight is 204 g/mol. The summed E-state index contributed by atoms with van der Waals surface area (Å²) >= 11 is 0. The second-order valence-electron chi connectivity index (χ2n) is 3.40. The van der Waals surface area contributed by atoms with Crippen LogP contribution in [0.4, 0.5) is 0 Å². The van der Waals surface area contributed by atoms with E-state index in [4.69, 9.17) is 14.7 Å². The summed E-state index contributed by atoms with van der Waals surface area (Å²) in [4.78, 5) is 15.7. The monoisotopic (exact) mass is 204 g/mol. The molecule has 0 aliphatic carbocycles. The van der Waals surface area contributed by atoms with Crippen LogP contribution < -0.4 is 10.8 Å². The number of hydroxylamine groups is 1. The molecule has 14 heavy (non-hydrogen) atoms. The number of methoxy groups -OCH3 is 1. The first-order valence-electron chi connectivity index (χ1n) is 4.49. The predicted molar refractivity (Wildman–Crippen MR) is 48.8 cm³/mol. The number of rotatable bonds is 7. The molecule has 0 saturated carbocycles. The van der Waals surface area contributed by atoms with Crippen LogP contribution in [-0.2, 0) is 14.4 Å². The third kappa shape index (κ3) is 3.22. The minimum Gasteiger partial charge on any atom is -0.481 e. The topological polar surface area (TPSA) is 79.8 Å². The zero-order valence-electron chi connectivity index (χ0n) is 8.21. The summed E-state index contributed by atoms with van der Waals surface area (Å²) in [6.45, 7) is 2.14. The standard InChI is InChI=1S/C8H16N2O4/c1-13-2-3-14-10-8(4-7(11)12)5-9-6-8/h9-10H,2-6H2,1H3,(H,11,12). The molecule has 0 bridgehead atoms. The summed E-state index contributed by atoms with van der Waals surface area (Å²) in [5.41, 5.74) is 2.33. The lowest BCUT2D eigenvalue weighted by Crippen LogP contribution is -2.68. The van der Waals surface area contributed by atoms with Gasteiger partial charge in [-0.25, -0.2) is 0 Å². The molecule has 0 spiro atoms. The number of ether oxygens (including phenoxy) is 1. The Labute approximate surface area is 82.5 Å². The van der Waals surface area contributed by atoms with E-state index in [1.807, 2.05) is 0 Å². The molecule has 1 fully saturated rings. The number of carbonyl (C=O) groups is 1. The summed E-state index contributed by atoms with van der Waals surface area (Å²) in [6.07, 6.45) is 0.0625. The van der Waals surface area contributed by atoms with Crippen molar-refractivity contribution in [3.63, 3.8) is 0 Å². The van der Waals surface area contributed by atoms with E-state index in [0.717, 1.165) is 0 Å². The molecule has 6 nitrogen and oxygen atoms in total. The van der Waals surface area contributed by atoms with Crippen LogP contribution in [0.15, 0.2) is 0 Å². The smallest absolute Gasteiger partial charge is 0.305 e. The van der Waals surface area contributed by atoms with Gasteiger partial charge >= 0.3 is 5.97 Å². The first kappa shape index (κ1) is 11.4. The summed E-state index contributed by atoms with van der Waals surface area (Å²) in [7, 11) is 1.58. The number of carboxylic acid groups (broad SMARTS) is 1. The Morgan fingerprint density at radius 3 is 2.71 bits per heavy atom. The Balaban J connectivity index is 2.20. The molecule has 0 atom stereocenters. The first-order valence-corrected chi connectivity index (χ1v) is 4.49. The van der Waals surface area contributed by atoms with Crippen LogP contribution in [0.2, 0.25) is 0 Å². The molecule has 1 saturated heterocycles. The zero-order valence-corrected chi connectivity index (χ0v) is 8.21. The molecule has 0 amide bonds. The van der Waals surface area contributed by atoms with E-state index in [-0.39, 0.29) is 6.42 Å². The molecule has 0 unspecified atom stereocenters. The number of nitrogens with one attached hydrogen (secondary N) is 2. The van der Waals surface area contributed by atoms with Crippen molar-refractivity contribution >= 4 is 5.97 Å². The lowest BCUT2D eigenvalue weighted by atomic mass is 9.90. The van der Waals surface area contributed by atoms with Gasteiger partial charge in [0.2, 0.25) is 0 Å². The number of aliphatic carboxylic acids is 1. The van der Waals surface area contributed by atoms with Gasteiger partial charge in [-0.05, 0) is 0 Å². The summed E-state index contributed by atoms with van der Waals surface area (Å²) in [5, 5.41) is 11.7. The average Bonchev–Trinajstić information content (AvgIpc) is 2.07. The largest absolute Gasteiger partial charge is 0.481 e. The van der Waals surface area contributed by atoms with Crippen LogP contribution in [0.25, 0.3) is 0 Å². The molecular formula is C8H16N2O4. The Morgan fingerprint density at radius 1 is 1.57 bits per heavy atom. The van der Waals surface area contributed by atoms with Crippen LogP contribution in [0.5, 0.6) is 0 Å². The van der Waals surface area contributed by atoms with E-state index >= 15 is 0 Å². The highest BCUT2D eigenvalue weighted by Crippen LogP contribution is 2.15. The maximum atomic E-state index is 10.5. The predicted octanol–water partition coefficient (Wildman–Crippen LogP) is -1.03. The van der Waals surface area contributed by atoms with Crippen LogP contribution in [-0.4, -0.2) is 50.0 Å². The molecule has 1 aliphatic heterocycles. The Morgan fingerprint density at radius 2 is 2.29 bits per heavy atom. The van der Waals surface area contributed by atoms with E-state index in [0.29, 0.717) is 26.3 Å². The lowest BCUT2D eigenvalue weighted by molar-refractivity contribution is -0.143. The highest BCUT2D eigenvalue weighted by molar-refractivity contribution is 5.68. The summed E-state index contributed by atoms with van der Waals surface area (Å²) in [6, 6.07) is 0. The van der Waals surface area contributed by atoms with Gasteiger partial charge in [0, 0.05) is 20.2 Å². The summed E-state index contributed by atoms with van der Waals surface area (Å²) in [5.74, 6) is -0.825.